The Hall–Kier alpha value is -3.54. The summed E-state index contributed by atoms with van der Waals surface area (Å²) in [5, 5.41) is 4.35. The summed E-state index contributed by atoms with van der Waals surface area (Å²) in [7, 11) is 0. The van der Waals surface area contributed by atoms with Crippen LogP contribution in [-0.2, 0) is 0 Å². The Balaban J connectivity index is 1.66. The number of amides is 3. The number of rotatable bonds is 3. The van der Waals surface area contributed by atoms with Gasteiger partial charge in [-0.05, 0) is 35.4 Å². The van der Waals surface area contributed by atoms with Crippen LogP contribution in [0.1, 0.15) is 10.4 Å². The average Bonchev–Trinajstić information content (AvgIpc) is 2.63. The minimum atomic E-state index is -1.15. The standard InChI is InChI=1S/C20H14F2N2O2/c21-16-7-4-8-17(22)18(16)19(25)24-20(26)23-15-11-9-14(10-12-15)13-5-2-1-3-6-13/h1-12H,(H2,23,24,25,26). The van der Waals surface area contributed by atoms with Crippen LogP contribution in [0.4, 0.5) is 19.3 Å². The Morgan fingerprint density at radius 2 is 1.27 bits per heavy atom. The Morgan fingerprint density at radius 1 is 0.692 bits per heavy atom. The van der Waals surface area contributed by atoms with Gasteiger partial charge in [-0.2, -0.15) is 0 Å². The molecule has 0 radical (unpaired) electrons. The van der Waals surface area contributed by atoms with Gasteiger partial charge in [0.05, 0.1) is 0 Å². The molecule has 0 bridgehead atoms. The number of anilines is 1. The molecular formula is C20H14F2N2O2. The molecule has 3 amide bonds. The summed E-state index contributed by atoms with van der Waals surface area (Å²) in [6.45, 7) is 0. The van der Waals surface area contributed by atoms with Crippen LogP contribution < -0.4 is 10.6 Å². The summed E-state index contributed by atoms with van der Waals surface area (Å²) >= 11 is 0. The zero-order valence-electron chi connectivity index (χ0n) is 13.5. The van der Waals surface area contributed by atoms with Gasteiger partial charge in [0.15, 0.2) is 0 Å². The lowest BCUT2D eigenvalue weighted by atomic mass is 10.1. The maximum Gasteiger partial charge on any atom is 0.326 e. The topological polar surface area (TPSA) is 58.2 Å². The van der Waals surface area contributed by atoms with E-state index in [4.69, 9.17) is 0 Å². The van der Waals surface area contributed by atoms with Crippen LogP contribution in [0.3, 0.4) is 0 Å². The molecule has 0 saturated carbocycles. The van der Waals surface area contributed by atoms with Crippen molar-refractivity contribution >= 4 is 17.6 Å². The van der Waals surface area contributed by atoms with E-state index in [0.717, 1.165) is 29.3 Å². The first-order valence-electron chi connectivity index (χ1n) is 7.76. The van der Waals surface area contributed by atoms with Gasteiger partial charge in [0.1, 0.15) is 17.2 Å². The maximum absolute atomic E-state index is 13.6. The van der Waals surface area contributed by atoms with Crippen LogP contribution in [0.5, 0.6) is 0 Å². The van der Waals surface area contributed by atoms with Gasteiger partial charge in [0, 0.05) is 5.69 Å². The first-order valence-corrected chi connectivity index (χ1v) is 7.76. The minimum Gasteiger partial charge on any atom is -0.308 e. The highest BCUT2D eigenvalue weighted by Gasteiger charge is 2.19. The molecule has 0 heterocycles. The molecule has 0 aliphatic heterocycles. The number of benzene rings is 3. The van der Waals surface area contributed by atoms with E-state index in [1.54, 1.807) is 12.1 Å². The van der Waals surface area contributed by atoms with Crippen molar-refractivity contribution in [3.05, 3.63) is 90.0 Å². The predicted octanol–water partition coefficient (Wildman–Crippen LogP) is 4.59. The molecule has 6 heteroatoms. The fraction of sp³-hybridized carbons (Fsp3) is 0. The van der Waals surface area contributed by atoms with Crippen molar-refractivity contribution in [3.8, 4) is 11.1 Å². The first kappa shape index (κ1) is 17.3. The molecule has 3 aromatic carbocycles. The Morgan fingerprint density at radius 3 is 1.88 bits per heavy atom. The average molecular weight is 352 g/mol. The van der Waals surface area contributed by atoms with Crippen molar-refractivity contribution in [1.29, 1.82) is 0 Å². The van der Waals surface area contributed by atoms with E-state index in [0.29, 0.717) is 5.69 Å². The molecule has 0 fully saturated rings. The van der Waals surface area contributed by atoms with E-state index >= 15 is 0 Å². The first-order chi connectivity index (χ1) is 12.5. The van der Waals surface area contributed by atoms with Crippen LogP contribution in [0.2, 0.25) is 0 Å². The van der Waals surface area contributed by atoms with E-state index in [2.05, 4.69) is 5.32 Å². The van der Waals surface area contributed by atoms with E-state index in [-0.39, 0.29) is 0 Å². The second-order valence-electron chi connectivity index (χ2n) is 5.45. The van der Waals surface area contributed by atoms with E-state index in [9.17, 15) is 18.4 Å². The van der Waals surface area contributed by atoms with Crippen LogP contribution in [0.25, 0.3) is 11.1 Å². The molecule has 26 heavy (non-hydrogen) atoms. The van der Waals surface area contributed by atoms with Gasteiger partial charge < -0.3 is 5.32 Å². The molecule has 3 rings (SSSR count). The lowest BCUT2D eigenvalue weighted by Crippen LogP contribution is -2.35. The number of urea groups is 1. The molecular weight excluding hydrogens is 338 g/mol. The Labute approximate surface area is 148 Å². The number of imide groups is 1. The molecule has 130 valence electrons. The van der Waals surface area contributed by atoms with E-state index in [1.165, 1.54) is 0 Å². The minimum absolute atomic E-state index is 0.434. The van der Waals surface area contributed by atoms with Crippen molar-refractivity contribution in [3.63, 3.8) is 0 Å². The molecule has 4 nitrogen and oxygen atoms in total. The summed E-state index contributed by atoms with van der Waals surface area (Å²) < 4.78 is 27.1. The van der Waals surface area contributed by atoms with Gasteiger partial charge in [-0.25, -0.2) is 13.6 Å². The van der Waals surface area contributed by atoms with Crippen molar-refractivity contribution < 1.29 is 18.4 Å². The van der Waals surface area contributed by atoms with Crippen molar-refractivity contribution in [2.24, 2.45) is 0 Å². The third-order valence-corrected chi connectivity index (χ3v) is 3.67. The van der Waals surface area contributed by atoms with Gasteiger partial charge in [-0.1, -0.05) is 48.5 Å². The van der Waals surface area contributed by atoms with E-state index in [1.807, 2.05) is 47.8 Å². The fourth-order valence-electron chi connectivity index (χ4n) is 2.42. The molecule has 0 saturated heterocycles. The fourth-order valence-corrected chi connectivity index (χ4v) is 2.42. The molecule has 2 N–H and O–H groups in total. The molecule has 0 aliphatic carbocycles. The number of halogens is 2. The van der Waals surface area contributed by atoms with Gasteiger partial charge in [-0.3, -0.25) is 10.1 Å². The van der Waals surface area contributed by atoms with Gasteiger partial charge in [-0.15, -0.1) is 0 Å². The second-order valence-corrected chi connectivity index (χ2v) is 5.45. The Kier molecular flexibility index (Phi) is 5.03. The number of hydrogen-bond donors (Lipinski definition) is 2. The number of nitrogens with one attached hydrogen (secondary N) is 2. The van der Waals surface area contributed by atoms with Crippen LogP contribution in [-0.4, -0.2) is 11.9 Å². The summed E-state index contributed by atoms with van der Waals surface area (Å²) in [5.41, 5.74) is 1.61. The number of carbonyl (C=O) groups excluding carboxylic acids is 2. The normalized spacial score (nSPS) is 10.2. The SMILES string of the molecule is O=C(NC(=O)c1c(F)cccc1F)Nc1ccc(-c2ccccc2)cc1. The van der Waals surface area contributed by atoms with Gasteiger partial charge >= 0.3 is 6.03 Å². The van der Waals surface area contributed by atoms with Crippen LogP contribution in [0.15, 0.2) is 72.8 Å². The zero-order valence-corrected chi connectivity index (χ0v) is 13.5. The molecule has 0 aliphatic rings. The van der Waals surface area contributed by atoms with E-state index < -0.39 is 29.1 Å². The number of carbonyl (C=O) groups is 2. The highest BCUT2D eigenvalue weighted by molar-refractivity contribution is 6.08. The lowest BCUT2D eigenvalue weighted by Gasteiger charge is -2.09. The smallest absolute Gasteiger partial charge is 0.308 e. The monoisotopic (exact) mass is 352 g/mol. The summed E-state index contributed by atoms with van der Waals surface area (Å²) in [6, 6.07) is 18.7. The molecule has 0 atom stereocenters. The third kappa shape index (κ3) is 3.92. The summed E-state index contributed by atoms with van der Waals surface area (Å²) in [4.78, 5) is 23.8. The molecule has 0 spiro atoms. The maximum atomic E-state index is 13.6. The predicted molar refractivity (Wildman–Crippen MR) is 94.7 cm³/mol. The quantitative estimate of drug-likeness (QED) is 0.724. The lowest BCUT2D eigenvalue weighted by molar-refractivity contribution is 0.0959. The highest BCUT2D eigenvalue weighted by atomic mass is 19.1. The van der Waals surface area contributed by atoms with Gasteiger partial charge in [0.25, 0.3) is 5.91 Å². The molecule has 3 aromatic rings. The second kappa shape index (κ2) is 7.57. The van der Waals surface area contributed by atoms with Crippen molar-refractivity contribution in [2.45, 2.75) is 0 Å². The zero-order chi connectivity index (χ0) is 18.5. The Bertz CT molecular complexity index is 922. The third-order valence-electron chi connectivity index (χ3n) is 3.67. The number of hydrogen-bond acceptors (Lipinski definition) is 2. The van der Waals surface area contributed by atoms with Crippen LogP contribution >= 0.6 is 0 Å². The van der Waals surface area contributed by atoms with Crippen molar-refractivity contribution in [2.75, 3.05) is 5.32 Å². The highest BCUT2D eigenvalue weighted by Crippen LogP contribution is 2.21. The largest absolute Gasteiger partial charge is 0.326 e. The van der Waals surface area contributed by atoms with Crippen LogP contribution in [0, 0.1) is 11.6 Å². The molecule has 0 unspecified atom stereocenters. The van der Waals surface area contributed by atoms with Crippen molar-refractivity contribution in [1.82, 2.24) is 5.32 Å². The summed E-state index contributed by atoms with van der Waals surface area (Å²) in [6.07, 6.45) is 0. The molecule has 0 aromatic heterocycles. The van der Waals surface area contributed by atoms with Gasteiger partial charge in [0.2, 0.25) is 0 Å². The summed E-state index contributed by atoms with van der Waals surface area (Å²) in [5.74, 6) is -3.23.